The molecular weight excluding hydrogens is 210 g/mol. The lowest BCUT2D eigenvalue weighted by Crippen LogP contribution is -2.40. The molecule has 0 spiro atoms. The molecule has 1 saturated carbocycles. The standard InChI is InChI=1S/C14H23N3/c1-12-8-13(10-16-9-12)11-17(7-3-6-15)14-4-2-5-14/h8-10,14H,2-7,11,15H2,1H3. The molecule has 0 bridgehead atoms. The predicted molar refractivity (Wildman–Crippen MR) is 70.7 cm³/mol. The average Bonchev–Trinajstić information content (AvgIpc) is 2.23. The van der Waals surface area contributed by atoms with E-state index >= 15 is 0 Å². The van der Waals surface area contributed by atoms with Crippen LogP contribution in [0.4, 0.5) is 0 Å². The number of nitrogens with two attached hydrogens (primary N) is 1. The van der Waals surface area contributed by atoms with Crippen molar-refractivity contribution in [3.05, 3.63) is 29.6 Å². The molecule has 2 rings (SSSR count). The Morgan fingerprint density at radius 2 is 2.24 bits per heavy atom. The van der Waals surface area contributed by atoms with Crippen molar-refractivity contribution in [3.63, 3.8) is 0 Å². The number of aryl methyl sites for hydroxylation is 1. The molecule has 1 aliphatic carbocycles. The maximum Gasteiger partial charge on any atom is 0.0313 e. The van der Waals surface area contributed by atoms with Gasteiger partial charge in [-0.25, -0.2) is 0 Å². The Morgan fingerprint density at radius 3 is 2.82 bits per heavy atom. The van der Waals surface area contributed by atoms with Crippen LogP contribution in [-0.4, -0.2) is 29.0 Å². The second-order valence-electron chi connectivity index (χ2n) is 5.07. The van der Waals surface area contributed by atoms with Gasteiger partial charge in [-0.2, -0.15) is 0 Å². The van der Waals surface area contributed by atoms with Crippen molar-refractivity contribution >= 4 is 0 Å². The van der Waals surface area contributed by atoms with E-state index in [0.717, 1.165) is 32.1 Å². The highest BCUT2D eigenvalue weighted by Crippen LogP contribution is 2.26. The Hall–Kier alpha value is -0.930. The molecular formula is C14H23N3. The summed E-state index contributed by atoms with van der Waals surface area (Å²) in [5.41, 5.74) is 8.19. The minimum atomic E-state index is 0.780. The molecule has 0 saturated heterocycles. The third kappa shape index (κ3) is 3.51. The summed E-state index contributed by atoms with van der Waals surface area (Å²) < 4.78 is 0. The van der Waals surface area contributed by atoms with Crippen molar-refractivity contribution in [2.45, 2.75) is 45.2 Å². The summed E-state index contributed by atoms with van der Waals surface area (Å²) >= 11 is 0. The molecule has 0 aliphatic heterocycles. The summed E-state index contributed by atoms with van der Waals surface area (Å²) in [7, 11) is 0. The zero-order valence-corrected chi connectivity index (χ0v) is 10.7. The molecule has 0 radical (unpaired) electrons. The summed E-state index contributed by atoms with van der Waals surface area (Å²) in [5, 5.41) is 0. The van der Waals surface area contributed by atoms with Crippen molar-refractivity contribution in [1.29, 1.82) is 0 Å². The number of nitrogens with zero attached hydrogens (tertiary/aromatic N) is 2. The van der Waals surface area contributed by atoms with E-state index in [9.17, 15) is 0 Å². The molecule has 0 amide bonds. The van der Waals surface area contributed by atoms with E-state index in [-0.39, 0.29) is 0 Å². The fourth-order valence-electron chi connectivity index (χ4n) is 2.38. The average molecular weight is 233 g/mol. The van der Waals surface area contributed by atoms with E-state index < -0.39 is 0 Å². The zero-order chi connectivity index (χ0) is 12.1. The first-order valence-electron chi connectivity index (χ1n) is 6.64. The van der Waals surface area contributed by atoms with Crippen LogP contribution in [-0.2, 0) is 6.54 Å². The Balaban J connectivity index is 1.95. The van der Waals surface area contributed by atoms with Crippen LogP contribution in [0, 0.1) is 6.92 Å². The molecule has 17 heavy (non-hydrogen) atoms. The van der Waals surface area contributed by atoms with Crippen LogP contribution in [0.1, 0.15) is 36.8 Å². The van der Waals surface area contributed by atoms with Gasteiger partial charge in [-0.05, 0) is 50.4 Å². The number of pyridine rings is 1. The highest BCUT2D eigenvalue weighted by Gasteiger charge is 2.24. The Bertz CT molecular complexity index is 347. The van der Waals surface area contributed by atoms with Gasteiger partial charge in [-0.15, -0.1) is 0 Å². The highest BCUT2D eigenvalue weighted by atomic mass is 15.2. The molecule has 2 N–H and O–H groups in total. The lowest BCUT2D eigenvalue weighted by atomic mass is 9.91. The fourth-order valence-corrected chi connectivity index (χ4v) is 2.38. The van der Waals surface area contributed by atoms with Crippen molar-refractivity contribution in [2.75, 3.05) is 13.1 Å². The monoisotopic (exact) mass is 233 g/mol. The summed E-state index contributed by atoms with van der Waals surface area (Å²) in [6, 6.07) is 3.02. The number of hydrogen-bond donors (Lipinski definition) is 1. The third-order valence-electron chi connectivity index (χ3n) is 3.56. The van der Waals surface area contributed by atoms with Crippen LogP contribution >= 0.6 is 0 Å². The van der Waals surface area contributed by atoms with E-state index in [1.54, 1.807) is 0 Å². The van der Waals surface area contributed by atoms with Crippen LogP contribution in [0.2, 0.25) is 0 Å². The molecule has 1 aliphatic rings. The van der Waals surface area contributed by atoms with Crippen molar-refractivity contribution in [3.8, 4) is 0 Å². The van der Waals surface area contributed by atoms with E-state index in [4.69, 9.17) is 5.73 Å². The molecule has 0 atom stereocenters. The van der Waals surface area contributed by atoms with Gasteiger partial charge in [0.25, 0.3) is 0 Å². The van der Waals surface area contributed by atoms with Crippen LogP contribution < -0.4 is 5.73 Å². The van der Waals surface area contributed by atoms with Crippen LogP contribution in [0.3, 0.4) is 0 Å². The first-order chi connectivity index (χ1) is 8.29. The van der Waals surface area contributed by atoms with Crippen LogP contribution in [0.5, 0.6) is 0 Å². The quantitative estimate of drug-likeness (QED) is 0.818. The first-order valence-corrected chi connectivity index (χ1v) is 6.64. The maximum absolute atomic E-state index is 5.61. The lowest BCUT2D eigenvalue weighted by molar-refractivity contribution is 0.118. The molecule has 3 nitrogen and oxygen atoms in total. The van der Waals surface area contributed by atoms with E-state index in [1.807, 2.05) is 12.4 Å². The van der Waals surface area contributed by atoms with Gasteiger partial charge in [-0.1, -0.05) is 12.5 Å². The van der Waals surface area contributed by atoms with Gasteiger partial charge in [0.1, 0.15) is 0 Å². The molecule has 1 aromatic heterocycles. The highest BCUT2D eigenvalue weighted by molar-refractivity contribution is 5.16. The molecule has 94 valence electrons. The summed E-state index contributed by atoms with van der Waals surface area (Å²) in [6.45, 7) is 5.04. The minimum Gasteiger partial charge on any atom is -0.330 e. The Labute approximate surface area is 104 Å². The topological polar surface area (TPSA) is 42.2 Å². The number of rotatable bonds is 6. The SMILES string of the molecule is Cc1cncc(CN(CCCN)C2CCC2)c1. The third-order valence-corrected chi connectivity index (χ3v) is 3.56. The van der Waals surface area contributed by atoms with Gasteiger partial charge in [0.05, 0.1) is 0 Å². The molecule has 1 fully saturated rings. The van der Waals surface area contributed by atoms with Crippen molar-refractivity contribution < 1.29 is 0 Å². The number of hydrogen-bond acceptors (Lipinski definition) is 3. The minimum absolute atomic E-state index is 0.780. The summed E-state index contributed by atoms with van der Waals surface area (Å²) in [4.78, 5) is 6.85. The lowest BCUT2D eigenvalue weighted by Gasteiger charge is -2.37. The van der Waals surface area contributed by atoms with Crippen molar-refractivity contribution in [2.24, 2.45) is 5.73 Å². The van der Waals surface area contributed by atoms with Gasteiger partial charge in [0.2, 0.25) is 0 Å². The fraction of sp³-hybridized carbons (Fsp3) is 0.643. The summed E-state index contributed by atoms with van der Waals surface area (Å²) in [6.07, 6.45) is 9.08. The molecule has 1 aromatic rings. The summed E-state index contributed by atoms with van der Waals surface area (Å²) in [5.74, 6) is 0. The molecule has 3 heteroatoms. The largest absolute Gasteiger partial charge is 0.330 e. The van der Waals surface area contributed by atoms with Gasteiger partial charge in [0, 0.05) is 25.0 Å². The molecule has 1 heterocycles. The van der Waals surface area contributed by atoms with E-state index in [1.165, 1.54) is 30.4 Å². The van der Waals surface area contributed by atoms with Gasteiger partial charge in [-0.3, -0.25) is 9.88 Å². The van der Waals surface area contributed by atoms with Gasteiger partial charge in [0.15, 0.2) is 0 Å². The predicted octanol–water partition coefficient (Wildman–Crippen LogP) is 2.09. The van der Waals surface area contributed by atoms with Gasteiger partial charge >= 0.3 is 0 Å². The second kappa shape index (κ2) is 6.12. The van der Waals surface area contributed by atoms with Gasteiger partial charge < -0.3 is 5.73 Å². The second-order valence-corrected chi connectivity index (χ2v) is 5.07. The molecule has 0 unspecified atom stereocenters. The smallest absolute Gasteiger partial charge is 0.0313 e. The zero-order valence-electron chi connectivity index (χ0n) is 10.7. The number of aromatic nitrogens is 1. The Kier molecular flexibility index (Phi) is 4.51. The van der Waals surface area contributed by atoms with E-state index in [2.05, 4.69) is 22.9 Å². The Morgan fingerprint density at radius 1 is 1.41 bits per heavy atom. The normalized spacial score (nSPS) is 16.2. The van der Waals surface area contributed by atoms with E-state index in [0.29, 0.717) is 0 Å². The first kappa shape index (κ1) is 12.5. The maximum atomic E-state index is 5.61. The molecule has 0 aromatic carbocycles. The van der Waals surface area contributed by atoms with Crippen LogP contribution in [0.15, 0.2) is 18.5 Å². The van der Waals surface area contributed by atoms with Crippen molar-refractivity contribution in [1.82, 2.24) is 9.88 Å². The van der Waals surface area contributed by atoms with Crippen LogP contribution in [0.25, 0.3) is 0 Å².